The van der Waals surface area contributed by atoms with Crippen LogP contribution in [0.4, 0.5) is 0 Å². The van der Waals surface area contributed by atoms with E-state index in [-0.39, 0.29) is 28.3 Å². The third-order valence-corrected chi connectivity index (χ3v) is 10.1. The maximum atomic E-state index is 6.96. The Labute approximate surface area is 271 Å². The van der Waals surface area contributed by atoms with Crippen LogP contribution >= 0.6 is 22.6 Å². The number of rotatable bonds is 13. The molecule has 1 aliphatic heterocycles. The molecule has 2 fully saturated rings. The normalized spacial score (nSPS) is 29.5. The van der Waals surface area contributed by atoms with Crippen molar-refractivity contribution >= 4 is 22.6 Å². The van der Waals surface area contributed by atoms with Gasteiger partial charge >= 0.3 is 0 Å². The van der Waals surface area contributed by atoms with Crippen molar-refractivity contribution in [3.63, 3.8) is 0 Å². The van der Waals surface area contributed by atoms with Gasteiger partial charge in [-0.15, -0.1) is 0 Å². The lowest BCUT2D eigenvalue weighted by Gasteiger charge is -2.47. The second kappa shape index (κ2) is 16.5. The lowest BCUT2D eigenvalue weighted by atomic mass is 9.75. The number of halogens is 1. The average Bonchev–Trinajstić information content (AvgIpc) is 3.02. The fourth-order valence-corrected chi connectivity index (χ4v) is 7.30. The molecule has 8 atom stereocenters. The van der Waals surface area contributed by atoms with E-state index >= 15 is 0 Å². The van der Waals surface area contributed by atoms with Gasteiger partial charge in [-0.3, -0.25) is 0 Å². The Morgan fingerprint density at radius 1 is 0.744 bits per heavy atom. The summed E-state index contributed by atoms with van der Waals surface area (Å²) in [6.07, 6.45) is 2.35. The fraction of sp³-hybridized carbons (Fsp3) is 0.514. The molecule has 232 valence electrons. The molecule has 2 aliphatic rings. The second-order valence-electron chi connectivity index (χ2n) is 12.5. The summed E-state index contributed by atoms with van der Waals surface area (Å²) in [4.78, 5) is 0. The van der Waals surface area contributed by atoms with Crippen molar-refractivity contribution in [3.05, 3.63) is 108 Å². The highest BCUT2D eigenvalue weighted by Gasteiger charge is 2.48. The van der Waals surface area contributed by atoms with Crippen LogP contribution in [0.1, 0.15) is 56.7 Å². The summed E-state index contributed by atoms with van der Waals surface area (Å²) in [6.45, 7) is 8.85. The Kier molecular flexibility index (Phi) is 12.5. The zero-order valence-electron chi connectivity index (χ0n) is 25.7. The van der Waals surface area contributed by atoms with Crippen LogP contribution in [0, 0.1) is 17.8 Å². The predicted molar refractivity (Wildman–Crippen MR) is 179 cm³/mol. The van der Waals surface area contributed by atoms with Crippen LogP contribution in [0.3, 0.4) is 0 Å². The number of benzene rings is 3. The predicted octanol–water partition coefficient (Wildman–Crippen LogP) is 8.38. The lowest BCUT2D eigenvalue weighted by molar-refractivity contribution is -0.289. The summed E-state index contributed by atoms with van der Waals surface area (Å²) in [5.74, 6) is 1.73. The van der Waals surface area contributed by atoms with Gasteiger partial charge in [0.2, 0.25) is 0 Å². The van der Waals surface area contributed by atoms with Crippen molar-refractivity contribution in [1.29, 1.82) is 0 Å². The summed E-state index contributed by atoms with van der Waals surface area (Å²) in [5.41, 5.74) is 3.38. The molecule has 5 rings (SSSR count). The van der Waals surface area contributed by atoms with Crippen molar-refractivity contribution in [1.82, 2.24) is 0 Å². The monoisotopic (exact) mass is 698 g/mol. The molecule has 1 unspecified atom stereocenters. The van der Waals surface area contributed by atoms with E-state index in [4.69, 9.17) is 23.7 Å². The smallest absolute Gasteiger partial charge is 0.172 e. The molecular weight excluding hydrogens is 651 g/mol. The summed E-state index contributed by atoms with van der Waals surface area (Å²) in [6, 6.07) is 30.9. The molecule has 3 aromatic rings. The molecule has 1 heterocycles. The topological polar surface area (TPSA) is 46.2 Å². The van der Waals surface area contributed by atoms with E-state index < -0.39 is 6.29 Å². The van der Waals surface area contributed by atoms with Gasteiger partial charge in [-0.25, -0.2) is 0 Å². The van der Waals surface area contributed by atoms with Crippen LogP contribution in [0.2, 0.25) is 0 Å². The molecule has 43 heavy (non-hydrogen) atoms. The van der Waals surface area contributed by atoms with Crippen LogP contribution < -0.4 is 0 Å². The standard InChI is InChI=1S/C37H47IO5/c1-26(2)31-20-19-27(3)21-32(31)42-37-34(38)36(41-24-30-17-11-6-12-18-30)35(40-23-29-15-9-5-10-16-29)33(43-37)25-39-22-28-13-7-4-8-14-28/h4-18,26-27,31-37H,19-25H2,1-3H3/t27-,31+,32?,33-,34-,35-,36-,37+/m1/s1. The third kappa shape index (κ3) is 9.35. The number of hydrogen-bond acceptors (Lipinski definition) is 5. The quantitative estimate of drug-likeness (QED) is 0.133. The fourth-order valence-electron chi connectivity index (χ4n) is 6.35. The van der Waals surface area contributed by atoms with Gasteiger partial charge < -0.3 is 23.7 Å². The molecule has 0 N–H and O–H groups in total. The minimum atomic E-state index is -0.417. The Balaban J connectivity index is 1.38. The summed E-state index contributed by atoms with van der Waals surface area (Å²) in [5, 5.41) is 0. The first-order valence-corrected chi connectivity index (χ1v) is 17.1. The largest absolute Gasteiger partial charge is 0.374 e. The van der Waals surface area contributed by atoms with Crippen molar-refractivity contribution in [2.45, 2.75) is 94.5 Å². The molecule has 0 aromatic heterocycles. The highest BCUT2D eigenvalue weighted by Crippen LogP contribution is 2.39. The van der Waals surface area contributed by atoms with E-state index in [0.717, 1.165) is 23.1 Å². The molecule has 3 aromatic carbocycles. The van der Waals surface area contributed by atoms with Gasteiger partial charge in [-0.05, 0) is 47.3 Å². The summed E-state index contributed by atoms with van der Waals surface area (Å²) in [7, 11) is 0. The SMILES string of the molecule is CC(C)[C@@H]1CC[C@@H](C)CC1O[C@H]1O[C@H](COCc2ccccc2)[C@@H](OCc2ccccc2)[C@H](OCc2ccccc2)[C@H]1I. The van der Waals surface area contributed by atoms with Gasteiger partial charge in [-0.1, -0.05) is 141 Å². The van der Waals surface area contributed by atoms with Crippen molar-refractivity contribution in [2.24, 2.45) is 17.8 Å². The molecule has 1 saturated carbocycles. The molecular formula is C37H47IO5. The minimum absolute atomic E-state index is 0.0579. The first-order chi connectivity index (χ1) is 21.0. The number of alkyl halides is 1. The van der Waals surface area contributed by atoms with Gasteiger partial charge in [0.25, 0.3) is 0 Å². The van der Waals surface area contributed by atoms with E-state index in [1.54, 1.807) is 0 Å². The molecule has 6 heteroatoms. The maximum Gasteiger partial charge on any atom is 0.172 e. The minimum Gasteiger partial charge on any atom is -0.374 e. The van der Waals surface area contributed by atoms with E-state index in [0.29, 0.717) is 44.2 Å². The van der Waals surface area contributed by atoms with E-state index in [1.807, 2.05) is 42.5 Å². The second-order valence-corrected chi connectivity index (χ2v) is 13.9. The first kappa shape index (κ1) is 32.6. The summed E-state index contributed by atoms with van der Waals surface area (Å²) < 4.78 is 33.4. The Bertz CT molecular complexity index is 1190. The van der Waals surface area contributed by atoms with Gasteiger partial charge in [0.15, 0.2) is 6.29 Å². The summed E-state index contributed by atoms with van der Waals surface area (Å²) >= 11 is 2.48. The molecule has 5 nitrogen and oxygen atoms in total. The van der Waals surface area contributed by atoms with Crippen molar-refractivity contribution in [3.8, 4) is 0 Å². The Morgan fingerprint density at radius 3 is 1.84 bits per heavy atom. The van der Waals surface area contributed by atoms with Gasteiger partial charge in [0.1, 0.15) is 18.3 Å². The number of ether oxygens (including phenoxy) is 5. The van der Waals surface area contributed by atoms with Crippen LogP contribution in [-0.4, -0.2) is 41.2 Å². The lowest BCUT2D eigenvalue weighted by Crippen LogP contribution is -2.60. The van der Waals surface area contributed by atoms with Crippen LogP contribution in [-0.2, 0) is 43.5 Å². The van der Waals surface area contributed by atoms with Crippen molar-refractivity contribution < 1.29 is 23.7 Å². The maximum absolute atomic E-state index is 6.96. The van der Waals surface area contributed by atoms with Gasteiger partial charge in [0, 0.05) is 0 Å². The molecule has 0 amide bonds. The zero-order chi connectivity index (χ0) is 30.0. The Morgan fingerprint density at radius 2 is 1.28 bits per heavy atom. The van der Waals surface area contributed by atoms with Gasteiger partial charge in [0.05, 0.1) is 36.5 Å². The van der Waals surface area contributed by atoms with E-state index in [9.17, 15) is 0 Å². The molecule has 0 radical (unpaired) electrons. The van der Waals surface area contributed by atoms with E-state index in [1.165, 1.54) is 12.8 Å². The zero-order valence-corrected chi connectivity index (χ0v) is 27.9. The van der Waals surface area contributed by atoms with Crippen LogP contribution in [0.5, 0.6) is 0 Å². The van der Waals surface area contributed by atoms with E-state index in [2.05, 4.69) is 91.9 Å². The molecule has 0 bridgehead atoms. The van der Waals surface area contributed by atoms with Gasteiger partial charge in [-0.2, -0.15) is 0 Å². The first-order valence-electron chi connectivity index (χ1n) is 15.9. The highest BCUT2D eigenvalue weighted by molar-refractivity contribution is 14.1. The van der Waals surface area contributed by atoms with Crippen molar-refractivity contribution in [2.75, 3.05) is 6.61 Å². The Hall–Kier alpha value is -1.81. The van der Waals surface area contributed by atoms with Crippen LogP contribution in [0.25, 0.3) is 0 Å². The molecule has 1 aliphatic carbocycles. The molecule has 1 saturated heterocycles. The number of hydrogen-bond donors (Lipinski definition) is 0. The molecule has 0 spiro atoms. The highest BCUT2D eigenvalue weighted by atomic mass is 127. The van der Waals surface area contributed by atoms with Crippen LogP contribution in [0.15, 0.2) is 91.0 Å². The average molecular weight is 699 g/mol. The third-order valence-electron chi connectivity index (χ3n) is 8.81.